The normalized spacial score (nSPS) is 13.5. The number of benzene rings is 1. The number of hydrogen-bond acceptors (Lipinski definition) is 2. The van der Waals surface area contributed by atoms with E-state index in [0.29, 0.717) is 0 Å². The predicted molar refractivity (Wildman–Crippen MR) is 52.5 cm³/mol. The van der Waals surface area contributed by atoms with Crippen molar-refractivity contribution < 1.29 is 5.11 Å². The number of hydrogen-bond donors (Lipinski definition) is 1. The third kappa shape index (κ3) is 1.24. The summed E-state index contributed by atoms with van der Waals surface area (Å²) in [6, 6.07) is 8.16. The zero-order valence-electron chi connectivity index (χ0n) is 6.82. The van der Waals surface area contributed by atoms with E-state index in [1.54, 1.807) is 18.3 Å². The van der Waals surface area contributed by atoms with Crippen LogP contribution in [0, 0.1) is 0 Å². The Morgan fingerprint density at radius 2 is 2.17 bits per heavy atom. The van der Waals surface area contributed by atoms with E-state index in [2.05, 4.69) is 11.4 Å². The van der Waals surface area contributed by atoms with Gasteiger partial charge in [-0.15, -0.1) is 11.3 Å². The molecule has 0 unspecified atom stereocenters. The van der Waals surface area contributed by atoms with Crippen molar-refractivity contribution in [1.82, 2.24) is 0 Å². The maximum atomic E-state index is 9.33. The summed E-state index contributed by atoms with van der Waals surface area (Å²) in [5, 5.41) is 12.6. The summed E-state index contributed by atoms with van der Waals surface area (Å²) in [4.78, 5) is 0. The minimum Gasteiger partial charge on any atom is -0.389 e. The van der Waals surface area contributed by atoms with E-state index in [1.807, 2.05) is 18.2 Å². The van der Waals surface area contributed by atoms with Gasteiger partial charge in [-0.25, -0.2) is 0 Å². The van der Waals surface area contributed by atoms with Gasteiger partial charge in [0.1, 0.15) is 0 Å². The first-order chi connectivity index (χ1) is 5.77. The molecule has 0 aliphatic heterocycles. The van der Waals surface area contributed by atoms with Gasteiger partial charge in [0.25, 0.3) is 0 Å². The van der Waals surface area contributed by atoms with Crippen molar-refractivity contribution in [3.8, 4) is 0 Å². The second-order valence-electron chi connectivity index (χ2n) is 2.89. The molecule has 0 radical (unpaired) electrons. The molecule has 1 nitrogen and oxygen atoms in total. The summed E-state index contributed by atoms with van der Waals surface area (Å²) < 4.78 is 1.24. The molecule has 1 N–H and O–H groups in total. The lowest BCUT2D eigenvalue weighted by atomic mass is 10.1. The van der Waals surface area contributed by atoms with E-state index in [9.17, 15) is 5.11 Å². The SMILES string of the molecule is C[C@H](O)c1ccc2ccsc2c1. The van der Waals surface area contributed by atoms with Gasteiger partial charge in [0.2, 0.25) is 0 Å². The van der Waals surface area contributed by atoms with Crippen molar-refractivity contribution in [2.45, 2.75) is 13.0 Å². The molecule has 0 saturated carbocycles. The van der Waals surface area contributed by atoms with Crippen molar-refractivity contribution >= 4 is 21.4 Å². The van der Waals surface area contributed by atoms with Crippen LogP contribution in [0.15, 0.2) is 29.6 Å². The Balaban J connectivity index is 2.60. The van der Waals surface area contributed by atoms with Crippen LogP contribution in [0.1, 0.15) is 18.6 Å². The van der Waals surface area contributed by atoms with Crippen molar-refractivity contribution in [3.05, 3.63) is 35.2 Å². The summed E-state index contributed by atoms with van der Waals surface area (Å²) >= 11 is 1.71. The molecule has 1 aromatic carbocycles. The lowest BCUT2D eigenvalue weighted by molar-refractivity contribution is 0.199. The molecule has 0 fully saturated rings. The second-order valence-corrected chi connectivity index (χ2v) is 3.84. The van der Waals surface area contributed by atoms with E-state index in [1.165, 1.54) is 10.1 Å². The molecule has 0 saturated heterocycles. The fraction of sp³-hybridized carbons (Fsp3) is 0.200. The highest BCUT2D eigenvalue weighted by molar-refractivity contribution is 7.17. The summed E-state index contributed by atoms with van der Waals surface area (Å²) in [6.45, 7) is 1.79. The Bertz CT molecular complexity index is 389. The molecule has 0 aliphatic rings. The van der Waals surface area contributed by atoms with E-state index in [-0.39, 0.29) is 6.10 Å². The first kappa shape index (κ1) is 7.77. The fourth-order valence-electron chi connectivity index (χ4n) is 1.23. The predicted octanol–water partition coefficient (Wildman–Crippen LogP) is 2.95. The lowest BCUT2D eigenvalue weighted by Gasteiger charge is -2.03. The molecule has 2 rings (SSSR count). The third-order valence-corrected chi connectivity index (χ3v) is 2.84. The minimum atomic E-state index is -0.364. The van der Waals surface area contributed by atoms with Crippen molar-refractivity contribution in [1.29, 1.82) is 0 Å². The van der Waals surface area contributed by atoms with Gasteiger partial charge in [0.05, 0.1) is 6.10 Å². The zero-order chi connectivity index (χ0) is 8.55. The van der Waals surface area contributed by atoms with Crippen LogP contribution in [0.25, 0.3) is 10.1 Å². The van der Waals surface area contributed by atoms with E-state index in [0.717, 1.165) is 5.56 Å². The van der Waals surface area contributed by atoms with Gasteiger partial charge in [-0.05, 0) is 35.4 Å². The molecule has 1 atom stereocenters. The van der Waals surface area contributed by atoms with Crippen molar-refractivity contribution in [3.63, 3.8) is 0 Å². The molecule has 12 heavy (non-hydrogen) atoms. The van der Waals surface area contributed by atoms with Gasteiger partial charge >= 0.3 is 0 Å². The standard InChI is InChI=1S/C10H10OS/c1-7(11)9-3-2-8-4-5-12-10(8)6-9/h2-7,11H,1H3/t7-/m0/s1. The molecule has 2 heteroatoms. The molecular formula is C10H10OS. The van der Waals surface area contributed by atoms with Crippen LogP contribution in [0.4, 0.5) is 0 Å². The van der Waals surface area contributed by atoms with Crippen LogP contribution < -0.4 is 0 Å². The third-order valence-electron chi connectivity index (χ3n) is 1.96. The highest BCUT2D eigenvalue weighted by Crippen LogP contribution is 2.24. The highest BCUT2D eigenvalue weighted by atomic mass is 32.1. The summed E-state index contributed by atoms with van der Waals surface area (Å²) in [5.41, 5.74) is 0.991. The van der Waals surface area contributed by atoms with Crippen LogP contribution in [0.2, 0.25) is 0 Å². The molecule has 0 bridgehead atoms. The number of fused-ring (bicyclic) bond motifs is 1. The topological polar surface area (TPSA) is 20.2 Å². The summed E-state index contributed by atoms with van der Waals surface area (Å²) in [5.74, 6) is 0. The van der Waals surface area contributed by atoms with E-state index in [4.69, 9.17) is 0 Å². The minimum absolute atomic E-state index is 0.364. The molecular weight excluding hydrogens is 168 g/mol. The van der Waals surface area contributed by atoms with Gasteiger partial charge < -0.3 is 5.11 Å². The fourth-order valence-corrected chi connectivity index (χ4v) is 2.07. The van der Waals surface area contributed by atoms with Crippen molar-refractivity contribution in [2.75, 3.05) is 0 Å². The lowest BCUT2D eigenvalue weighted by Crippen LogP contribution is -1.88. The molecule has 1 heterocycles. The first-order valence-corrected chi connectivity index (χ1v) is 4.80. The van der Waals surface area contributed by atoms with Crippen LogP contribution in [0.5, 0.6) is 0 Å². The Kier molecular flexibility index (Phi) is 1.87. The number of aliphatic hydroxyl groups is 1. The summed E-state index contributed by atoms with van der Waals surface area (Å²) in [6.07, 6.45) is -0.364. The number of aliphatic hydroxyl groups excluding tert-OH is 1. The average Bonchev–Trinajstić information content (AvgIpc) is 2.49. The van der Waals surface area contributed by atoms with Gasteiger partial charge in [-0.3, -0.25) is 0 Å². The van der Waals surface area contributed by atoms with E-state index < -0.39 is 0 Å². The number of rotatable bonds is 1. The van der Waals surface area contributed by atoms with Crippen LogP contribution in [-0.4, -0.2) is 5.11 Å². The monoisotopic (exact) mass is 178 g/mol. The van der Waals surface area contributed by atoms with Gasteiger partial charge in [-0.1, -0.05) is 12.1 Å². The quantitative estimate of drug-likeness (QED) is 0.711. The molecule has 0 amide bonds. The smallest absolute Gasteiger partial charge is 0.0762 e. The Hall–Kier alpha value is -0.860. The Morgan fingerprint density at radius 3 is 2.92 bits per heavy atom. The maximum Gasteiger partial charge on any atom is 0.0762 e. The molecule has 1 aromatic heterocycles. The van der Waals surface area contributed by atoms with Crippen LogP contribution in [0.3, 0.4) is 0 Å². The van der Waals surface area contributed by atoms with Crippen molar-refractivity contribution in [2.24, 2.45) is 0 Å². The van der Waals surface area contributed by atoms with Gasteiger partial charge in [-0.2, -0.15) is 0 Å². The van der Waals surface area contributed by atoms with E-state index >= 15 is 0 Å². The van der Waals surface area contributed by atoms with Crippen LogP contribution >= 0.6 is 11.3 Å². The zero-order valence-corrected chi connectivity index (χ0v) is 7.64. The Labute approximate surface area is 75.3 Å². The van der Waals surface area contributed by atoms with Crippen LogP contribution in [-0.2, 0) is 0 Å². The largest absolute Gasteiger partial charge is 0.389 e. The highest BCUT2D eigenvalue weighted by Gasteiger charge is 2.01. The Morgan fingerprint density at radius 1 is 1.33 bits per heavy atom. The first-order valence-electron chi connectivity index (χ1n) is 3.92. The molecule has 0 spiro atoms. The second kappa shape index (κ2) is 2.88. The summed E-state index contributed by atoms with van der Waals surface area (Å²) in [7, 11) is 0. The maximum absolute atomic E-state index is 9.33. The van der Waals surface area contributed by atoms with Gasteiger partial charge in [0, 0.05) is 4.70 Å². The number of thiophene rings is 1. The molecule has 62 valence electrons. The average molecular weight is 178 g/mol. The van der Waals surface area contributed by atoms with Gasteiger partial charge in [0.15, 0.2) is 0 Å². The molecule has 0 aliphatic carbocycles. The molecule has 2 aromatic rings.